The molecule has 1 aromatic carbocycles. The fourth-order valence-electron chi connectivity index (χ4n) is 2.36. The zero-order valence-electron chi connectivity index (χ0n) is 14.5. The molecule has 7 nitrogen and oxygen atoms in total. The third kappa shape index (κ3) is 5.04. The van der Waals surface area contributed by atoms with Crippen LogP contribution in [0.4, 0.5) is 0 Å². The highest BCUT2D eigenvalue weighted by atomic mass is 32.2. The molecule has 3 N–H and O–H groups in total. The second-order valence-electron chi connectivity index (χ2n) is 5.72. The van der Waals surface area contributed by atoms with Gasteiger partial charge in [0.2, 0.25) is 15.9 Å². The number of amides is 1. The van der Waals surface area contributed by atoms with Crippen LogP contribution in [0.3, 0.4) is 0 Å². The summed E-state index contributed by atoms with van der Waals surface area (Å²) in [5.74, 6) is 0.104. The number of thiophene rings is 1. The Morgan fingerprint density at radius 1 is 1.26 bits per heavy atom. The molecule has 0 spiro atoms. The number of hydrogen-bond acceptors (Lipinski definition) is 7. The van der Waals surface area contributed by atoms with E-state index in [-0.39, 0.29) is 16.6 Å². The predicted octanol–water partition coefficient (Wildman–Crippen LogP) is 2.31. The molecule has 0 radical (unpaired) electrons. The summed E-state index contributed by atoms with van der Waals surface area (Å²) in [6.45, 7) is 2.40. The van der Waals surface area contributed by atoms with Crippen LogP contribution in [0, 0.1) is 0 Å². The number of thioether (sulfide) groups is 1. The van der Waals surface area contributed by atoms with Crippen LogP contribution in [0.15, 0.2) is 46.6 Å². The molecule has 27 heavy (non-hydrogen) atoms. The van der Waals surface area contributed by atoms with E-state index in [4.69, 9.17) is 5.14 Å². The summed E-state index contributed by atoms with van der Waals surface area (Å²) in [5, 5.41) is 9.65. The van der Waals surface area contributed by atoms with Gasteiger partial charge in [0.25, 0.3) is 0 Å². The summed E-state index contributed by atoms with van der Waals surface area (Å²) in [6, 6.07) is 8.17. The summed E-state index contributed by atoms with van der Waals surface area (Å²) in [6.07, 6.45) is 2.46. The monoisotopic (exact) mass is 422 g/mol. The van der Waals surface area contributed by atoms with Crippen molar-refractivity contribution in [1.82, 2.24) is 15.3 Å². The van der Waals surface area contributed by atoms with Gasteiger partial charge in [0.15, 0.2) is 0 Å². The zero-order chi connectivity index (χ0) is 19.4. The average Bonchev–Trinajstić information content (AvgIpc) is 3.08. The van der Waals surface area contributed by atoms with E-state index in [1.54, 1.807) is 23.5 Å². The normalized spacial score (nSPS) is 11.6. The first-order chi connectivity index (χ1) is 12.9. The fourth-order valence-corrected chi connectivity index (χ4v) is 4.67. The van der Waals surface area contributed by atoms with E-state index in [1.165, 1.54) is 35.1 Å². The van der Waals surface area contributed by atoms with Crippen LogP contribution >= 0.6 is 23.1 Å². The van der Waals surface area contributed by atoms with Crippen LogP contribution < -0.4 is 10.5 Å². The first kappa shape index (κ1) is 19.7. The van der Waals surface area contributed by atoms with Crippen LogP contribution in [-0.2, 0) is 27.8 Å². The summed E-state index contributed by atoms with van der Waals surface area (Å²) in [5.41, 5.74) is 0.788. The number of carbonyl (C=O) groups excluding carboxylic acids is 1. The van der Waals surface area contributed by atoms with Crippen LogP contribution in [0.2, 0.25) is 0 Å². The minimum Gasteiger partial charge on any atom is -0.351 e. The van der Waals surface area contributed by atoms with Crippen LogP contribution in [0.25, 0.3) is 10.2 Å². The maximum Gasteiger partial charge on any atom is 0.238 e. The highest BCUT2D eigenvalue weighted by Crippen LogP contribution is 2.30. The number of hydrogen-bond donors (Lipinski definition) is 2. The molecule has 0 aliphatic rings. The molecule has 142 valence electrons. The minimum absolute atomic E-state index is 0.0446. The lowest BCUT2D eigenvalue weighted by atomic mass is 10.2. The molecular weight excluding hydrogens is 404 g/mol. The second kappa shape index (κ2) is 8.34. The number of nitrogens with zero attached hydrogens (tertiary/aromatic N) is 2. The van der Waals surface area contributed by atoms with Crippen LogP contribution in [0.1, 0.15) is 17.4 Å². The Morgan fingerprint density at radius 2 is 2.00 bits per heavy atom. The van der Waals surface area contributed by atoms with Gasteiger partial charge in [0, 0.05) is 16.8 Å². The third-order valence-electron chi connectivity index (χ3n) is 3.77. The number of nitrogens with one attached hydrogen (secondary N) is 1. The van der Waals surface area contributed by atoms with Gasteiger partial charge in [0.1, 0.15) is 16.2 Å². The summed E-state index contributed by atoms with van der Waals surface area (Å²) >= 11 is 3.01. The topological polar surface area (TPSA) is 115 Å². The number of sulfonamides is 1. The summed E-state index contributed by atoms with van der Waals surface area (Å²) in [4.78, 5) is 22.9. The van der Waals surface area contributed by atoms with Crippen molar-refractivity contribution in [1.29, 1.82) is 0 Å². The molecule has 0 aliphatic carbocycles. The van der Waals surface area contributed by atoms with Gasteiger partial charge in [-0.1, -0.05) is 30.8 Å². The molecule has 0 aliphatic heterocycles. The van der Waals surface area contributed by atoms with Crippen molar-refractivity contribution < 1.29 is 13.2 Å². The van der Waals surface area contributed by atoms with E-state index in [2.05, 4.69) is 28.3 Å². The van der Waals surface area contributed by atoms with Gasteiger partial charge < -0.3 is 5.32 Å². The minimum atomic E-state index is -3.71. The predicted molar refractivity (Wildman–Crippen MR) is 107 cm³/mol. The molecule has 3 aromatic rings. The SMILES string of the molecule is CCc1cc2c(SCC(=O)NCc3ccc(S(N)(=O)=O)cc3)ncnc2s1. The number of carbonyl (C=O) groups is 1. The number of aryl methyl sites for hydroxylation is 1. The highest BCUT2D eigenvalue weighted by molar-refractivity contribution is 8.00. The van der Waals surface area contributed by atoms with Gasteiger partial charge >= 0.3 is 0 Å². The first-order valence-electron chi connectivity index (χ1n) is 8.11. The number of rotatable bonds is 7. The molecule has 0 bridgehead atoms. The Balaban J connectivity index is 1.56. The van der Waals surface area contributed by atoms with Gasteiger partial charge in [-0.2, -0.15) is 0 Å². The smallest absolute Gasteiger partial charge is 0.238 e. The molecule has 0 fully saturated rings. The van der Waals surface area contributed by atoms with Crippen LogP contribution in [0.5, 0.6) is 0 Å². The molecule has 3 rings (SSSR count). The number of fused-ring (bicyclic) bond motifs is 1. The van der Waals surface area contributed by atoms with Crippen LogP contribution in [-0.4, -0.2) is 30.0 Å². The van der Waals surface area contributed by atoms with E-state index in [0.717, 1.165) is 27.2 Å². The Bertz CT molecular complexity index is 1060. The summed E-state index contributed by atoms with van der Waals surface area (Å²) in [7, 11) is -3.71. The lowest BCUT2D eigenvalue weighted by Gasteiger charge is -2.06. The molecule has 1 amide bonds. The number of primary sulfonamides is 1. The standard InChI is InChI=1S/C17H18N4O3S3/c1-2-12-7-14-16(20-10-21-17(14)26-12)25-9-15(22)19-8-11-3-5-13(6-4-11)27(18,23)24/h3-7,10H,2,8-9H2,1H3,(H,19,22)(H2,18,23,24). The lowest BCUT2D eigenvalue weighted by molar-refractivity contribution is -0.118. The van der Waals surface area contributed by atoms with Crippen molar-refractivity contribution in [3.05, 3.63) is 47.1 Å². The van der Waals surface area contributed by atoms with Gasteiger partial charge in [-0.25, -0.2) is 23.5 Å². The molecule has 2 aromatic heterocycles. The van der Waals surface area contributed by atoms with Crippen molar-refractivity contribution in [3.8, 4) is 0 Å². The van der Waals surface area contributed by atoms with E-state index in [1.807, 2.05) is 0 Å². The molecule has 0 saturated heterocycles. The third-order valence-corrected chi connectivity index (χ3v) is 6.90. The summed E-state index contributed by atoms with van der Waals surface area (Å²) < 4.78 is 22.5. The van der Waals surface area contributed by atoms with Crippen molar-refractivity contribution in [2.24, 2.45) is 5.14 Å². The first-order valence-corrected chi connectivity index (χ1v) is 11.5. The van der Waals surface area contributed by atoms with Crippen molar-refractivity contribution in [2.45, 2.75) is 29.8 Å². The number of nitrogens with two attached hydrogens (primary N) is 1. The number of benzene rings is 1. The van der Waals surface area contributed by atoms with E-state index in [9.17, 15) is 13.2 Å². The fraction of sp³-hybridized carbons (Fsp3) is 0.235. The molecule has 0 unspecified atom stereocenters. The maximum atomic E-state index is 12.1. The van der Waals surface area contributed by atoms with Gasteiger partial charge in [-0.3, -0.25) is 4.79 Å². The van der Waals surface area contributed by atoms with Crippen molar-refractivity contribution >= 4 is 49.2 Å². The molecule has 2 heterocycles. The van der Waals surface area contributed by atoms with Crippen molar-refractivity contribution in [3.63, 3.8) is 0 Å². The maximum absolute atomic E-state index is 12.1. The molecular formula is C17H18N4O3S3. The van der Waals surface area contributed by atoms with E-state index in [0.29, 0.717) is 6.54 Å². The van der Waals surface area contributed by atoms with Gasteiger partial charge in [-0.15, -0.1) is 11.3 Å². The lowest BCUT2D eigenvalue weighted by Crippen LogP contribution is -2.24. The van der Waals surface area contributed by atoms with Gasteiger partial charge in [0.05, 0.1) is 10.6 Å². The molecule has 10 heteroatoms. The second-order valence-corrected chi connectivity index (χ2v) is 9.36. The van der Waals surface area contributed by atoms with E-state index < -0.39 is 10.0 Å². The molecule has 0 saturated carbocycles. The van der Waals surface area contributed by atoms with E-state index >= 15 is 0 Å². The Kier molecular flexibility index (Phi) is 6.10. The Hall–Kier alpha value is -2.01. The Morgan fingerprint density at radius 3 is 2.67 bits per heavy atom. The highest BCUT2D eigenvalue weighted by Gasteiger charge is 2.11. The largest absolute Gasteiger partial charge is 0.351 e. The zero-order valence-corrected chi connectivity index (χ0v) is 17.0. The van der Waals surface area contributed by atoms with Gasteiger partial charge in [-0.05, 0) is 30.2 Å². The van der Waals surface area contributed by atoms with Crippen molar-refractivity contribution in [2.75, 3.05) is 5.75 Å². The average molecular weight is 423 g/mol. The number of aromatic nitrogens is 2. The quantitative estimate of drug-likeness (QED) is 0.446. The molecule has 0 atom stereocenters. The Labute approximate surface area is 165 Å².